The molecule has 0 amide bonds. The van der Waals surface area contributed by atoms with Crippen LogP contribution < -0.4 is 0 Å². The van der Waals surface area contributed by atoms with Crippen LogP contribution >= 0.6 is 0 Å². The Hall–Kier alpha value is -2.69. The first-order chi connectivity index (χ1) is 10.5. The van der Waals surface area contributed by atoms with Gasteiger partial charge in [-0.15, -0.1) is 0 Å². The molecule has 2 rings (SSSR count). The van der Waals surface area contributed by atoms with Crippen molar-refractivity contribution in [3.05, 3.63) is 75.8 Å². The van der Waals surface area contributed by atoms with Gasteiger partial charge in [-0.25, -0.2) is 0 Å². The van der Waals surface area contributed by atoms with Gasteiger partial charge >= 0.3 is 5.97 Å². The zero-order chi connectivity index (χ0) is 16.1. The lowest BCUT2D eigenvalue weighted by molar-refractivity contribution is -0.384. The number of ether oxygens (including phenoxy) is 1. The number of hydrogen-bond acceptors (Lipinski definition) is 4. The van der Waals surface area contributed by atoms with E-state index in [4.69, 9.17) is 4.74 Å². The molecule has 0 spiro atoms. The van der Waals surface area contributed by atoms with Crippen molar-refractivity contribution in [3.8, 4) is 0 Å². The third-order valence-corrected chi connectivity index (χ3v) is 3.16. The van der Waals surface area contributed by atoms with Crippen molar-refractivity contribution in [2.24, 2.45) is 0 Å². The highest BCUT2D eigenvalue weighted by Gasteiger charge is 2.25. The van der Waals surface area contributed by atoms with E-state index in [0.717, 1.165) is 5.56 Å². The molecule has 0 N–H and O–H groups in total. The summed E-state index contributed by atoms with van der Waals surface area (Å²) in [5.74, 6) is -0.959. The molecule has 0 bridgehead atoms. The van der Waals surface area contributed by atoms with Crippen molar-refractivity contribution in [2.75, 3.05) is 0 Å². The summed E-state index contributed by atoms with van der Waals surface area (Å²) in [5.41, 5.74) is 1.46. The summed E-state index contributed by atoms with van der Waals surface area (Å²) < 4.78 is 5.33. The lowest BCUT2D eigenvalue weighted by Crippen LogP contribution is -2.20. The summed E-state index contributed by atoms with van der Waals surface area (Å²) in [6, 6.07) is 15.2. The Labute approximate surface area is 128 Å². The standard InChI is InChI=1S/C17H17NO4/c1-12(2)22-17(19)16(13-6-4-3-5-7-13)14-8-10-15(11-9-14)18(20)21/h3-12,16H,1-2H3. The molecule has 22 heavy (non-hydrogen) atoms. The van der Waals surface area contributed by atoms with Crippen LogP contribution in [0.3, 0.4) is 0 Å². The molecule has 0 aliphatic heterocycles. The minimum Gasteiger partial charge on any atom is -0.462 e. The fourth-order valence-corrected chi connectivity index (χ4v) is 2.20. The molecule has 5 nitrogen and oxygen atoms in total. The summed E-state index contributed by atoms with van der Waals surface area (Å²) in [5, 5.41) is 10.7. The predicted octanol–water partition coefficient (Wildman–Crippen LogP) is 3.68. The second kappa shape index (κ2) is 6.85. The number of hydrogen-bond donors (Lipinski definition) is 0. The molecule has 2 aromatic rings. The monoisotopic (exact) mass is 299 g/mol. The highest BCUT2D eigenvalue weighted by molar-refractivity contribution is 5.82. The SMILES string of the molecule is CC(C)OC(=O)C(c1ccccc1)c1ccc([N+](=O)[O-])cc1. The number of nitro groups is 1. The first-order valence-corrected chi connectivity index (χ1v) is 6.99. The number of nitro benzene ring substituents is 1. The summed E-state index contributed by atoms with van der Waals surface area (Å²) in [7, 11) is 0. The van der Waals surface area contributed by atoms with Crippen LogP contribution in [0, 0.1) is 10.1 Å². The number of esters is 1. The maximum absolute atomic E-state index is 12.4. The highest BCUT2D eigenvalue weighted by Crippen LogP contribution is 2.28. The van der Waals surface area contributed by atoms with Gasteiger partial charge in [0.05, 0.1) is 11.0 Å². The van der Waals surface area contributed by atoms with Crippen LogP contribution in [0.4, 0.5) is 5.69 Å². The molecule has 0 saturated heterocycles. The van der Waals surface area contributed by atoms with Gasteiger partial charge in [-0.3, -0.25) is 14.9 Å². The highest BCUT2D eigenvalue weighted by atomic mass is 16.6. The van der Waals surface area contributed by atoms with Crippen molar-refractivity contribution in [2.45, 2.75) is 25.9 Å². The van der Waals surface area contributed by atoms with Crippen molar-refractivity contribution in [1.29, 1.82) is 0 Å². The van der Waals surface area contributed by atoms with Crippen LogP contribution in [0.15, 0.2) is 54.6 Å². The lowest BCUT2D eigenvalue weighted by atomic mass is 9.91. The molecule has 0 aliphatic carbocycles. The zero-order valence-electron chi connectivity index (χ0n) is 12.4. The van der Waals surface area contributed by atoms with Gasteiger partial charge in [0.25, 0.3) is 5.69 Å². The molecular weight excluding hydrogens is 282 g/mol. The predicted molar refractivity (Wildman–Crippen MR) is 82.6 cm³/mol. The molecule has 0 saturated carbocycles. The topological polar surface area (TPSA) is 69.4 Å². The number of non-ortho nitro benzene ring substituents is 1. The van der Waals surface area contributed by atoms with Crippen molar-refractivity contribution in [1.82, 2.24) is 0 Å². The van der Waals surface area contributed by atoms with Gasteiger partial charge in [-0.2, -0.15) is 0 Å². The van der Waals surface area contributed by atoms with Crippen molar-refractivity contribution in [3.63, 3.8) is 0 Å². The fourth-order valence-electron chi connectivity index (χ4n) is 2.20. The first kappa shape index (κ1) is 15.7. The Morgan fingerprint density at radius 3 is 2.05 bits per heavy atom. The molecule has 0 aliphatic rings. The normalized spacial score (nSPS) is 12.0. The summed E-state index contributed by atoms with van der Waals surface area (Å²) in [6.45, 7) is 3.57. The molecule has 114 valence electrons. The first-order valence-electron chi connectivity index (χ1n) is 6.99. The summed E-state index contributed by atoms with van der Waals surface area (Å²) in [4.78, 5) is 22.7. The maximum atomic E-state index is 12.4. The second-order valence-electron chi connectivity index (χ2n) is 5.18. The maximum Gasteiger partial charge on any atom is 0.318 e. The number of rotatable bonds is 5. The van der Waals surface area contributed by atoms with Gasteiger partial charge in [-0.05, 0) is 25.0 Å². The Morgan fingerprint density at radius 1 is 1.00 bits per heavy atom. The third kappa shape index (κ3) is 3.69. The average Bonchev–Trinajstić information content (AvgIpc) is 2.48. The lowest BCUT2D eigenvalue weighted by Gasteiger charge is -2.18. The minimum absolute atomic E-state index is 0.00668. The Kier molecular flexibility index (Phi) is 4.88. The molecule has 1 atom stereocenters. The molecule has 0 heterocycles. The molecule has 0 aromatic heterocycles. The van der Waals surface area contributed by atoms with Crippen molar-refractivity contribution >= 4 is 11.7 Å². The number of nitrogens with zero attached hydrogens (tertiary/aromatic N) is 1. The zero-order valence-corrected chi connectivity index (χ0v) is 12.4. The van der Waals surface area contributed by atoms with E-state index in [9.17, 15) is 14.9 Å². The van der Waals surface area contributed by atoms with Crippen LogP contribution in [0.1, 0.15) is 30.9 Å². The molecule has 5 heteroatoms. The van der Waals surface area contributed by atoms with Gasteiger partial charge in [0.15, 0.2) is 0 Å². The third-order valence-electron chi connectivity index (χ3n) is 3.16. The van der Waals surface area contributed by atoms with E-state index in [1.807, 2.05) is 30.3 Å². The number of carbonyl (C=O) groups excluding carboxylic acids is 1. The van der Waals surface area contributed by atoms with Gasteiger partial charge in [-0.1, -0.05) is 42.5 Å². The van der Waals surface area contributed by atoms with Crippen LogP contribution in [-0.2, 0) is 9.53 Å². The Bertz CT molecular complexity index is 650. The largest absolute Gasteiger partial charge is 0.462 e. The molecular formula is C17H17NO4. The fraction of sp³-hybridized carbons (Fsp3) is 0.235. The van der Waals surface area contributed by atoms with Crippen LogP contribution in [0.5, 0.6) is 0 Å². The molecule has 2 aromatic carbocycles. The second-order valence-corrected chi connectivity index (χ2v) is 5.18. The van der Waals surface area contributed by atoms with E-state index in [0.29, 0.717) is 5.56 Å². The van der Waals surface area contributed by atoms with Crippen molar-refractivity contribution < 1.29 is 14.5 Å². The average molecular weight is 299 g/mol. The van der Waals surface area contributed by atoms with Gasteiger partial charge in [0.1, 0.15) is 5.92 Å². The Balaban J connectivity index is 2.39. The number of benzene rings is 2. The van der Waals surface area contributed by atoms with E-state index < -0.39 is 10.8 Å². The van der Waals surface area contributed by atoms with E-state index in [1.54, 1.807) is 26.0 Å². The van der Waals surface area contributed by atoms with Gasteiger partial charge < -0.3 is 4.74 Å². The van der Waals surface area contributed by atoms with Crippen LogP contribution in [0.2, 0.25) is 0 Å². The smallest absolute Gasteiger partial charge is 0.318 e. The quantitative estimate of drug-likeness (QED) is 0.480. The van der Waals surface area contributed by atoms with Crippen LogP contribution in [0.25, 0.3) is 0 Å². The van der Waals surface area contributed by atoms with E-state index in [1.165, 1.54) is 12.1 Å². The van der Waals surface area contributed by atoms with Crippen LogP contribution in [-0.4, -0.2) is 17.0 Å². The Morgan fingerprint density at radius 2 is 1.55 bits per heavy atom. The van der Waals surface area contributed by atoms with E-state index in [2.05, 4.69) is 0 Å². The molecule has 0 radical (unpaired) electrons. The molecule has 1 unspecified atom stereocenters. The van der Waals surface area contributed by atoms with E-state index in [-0.39, 0.29) is 17.8 Å². The van der Waals surface area contributed by atoms with E-state index >= 15 is 0 Å². The van der Waals surface area contributed by atoms with Gasteiger partial charge in [0.2, 0.25) is 0 Å². The molecule has 0 fully saturated rings. The minimum atomic E-state index is -0.593. The van der Waals surface area contributed by atoms with Gasteiger partial charge in [0, 0.05) is 12.1 Å². The summed E-state index contributed by atoms with van der Waals surface area (Å²) >= 11 is 0. The number of carbonyl (C=O) groups is 1. The summed E-state index contributed by atoms with van der Waals surface area (Å²) in [6.07, 6.45) is -0.225.